The summed E-state index contributed by atoms with van der Waals surface area (Å²) in [6.07, 6.45) is 0. The Hall–Kier alpha value is 2.17. The molecule has 0 aromatic carbocycles. The van der Waals surface area contributed by atoms with Crippen molar-refractivity contribution < 1.29 is 0 Å². The van der Waals surface area contributed by atoms with Crippen molar-refractivity contribution in [2.75, 3.05) is 0 Å². The second-order valence-electron chi connectivity index (χ2n) is 18.9. The van der Waals surface area contributed by atoms with Crippen molar-refractivity contribution in [2.24, 2.45) is 0 Å². The van der Waals surface area contributed by atoms with Crippen LogP contribution in [0.5, 0.6) is 0 Å². The van der Waals surface area contributed by atoms with Gasteiger partial charge in [-0.15, -0.1) is 0 Å². The summed E-state index contributed by atoms with van der Waals surface area (Å²) in [6, 6.07) is 0. The summed E-state index contributed by atoms with van der Waals surface area (Å²) in [5.41, 5.74) is 5.46. The smallest absolute Gasteiger partial charge is 0.0412 e. The van der Waals surface area contributed by atoms with E-state index in [-0.39, 0.29) is 0 Å². The fraction of sp³-hybridized carbons (Fsp3) is 1.00. The normalized spacial score (nSPS) is 26.2. The Balaban J connectivity index is 4.35. The predicted octanol–water partition coefficient (Wildman–Crippen LogP) is 9.25. The van der Waals surface area contributed by atoms with Gasteiger partial charge in [-0.25, -0.2) is 0 Å². The van der Waals surface area contributed by atoms with Crippen molar-refractivity contribution in [3.05, 3.63) is 0 Å². The summed E-state index contributed by atoms with van der Waals surface area (Å²) in [7, 11) is -11.2. The van der Waals surface area contributed by atoms with E-state index in [2.05, 4.69) is 131 Å². The van der Waals surface area contributed by atoms with E-state index in [0.29, 0.717) is 0 Å². The van der Waals surface area contributed by atoms with E-state index >= 15 is 0 Å². The molecular weight excluding hydrogens is 557 g/mol. The van der Waals surface area contributed by atoms with E-state index in [9.17, 15) is 0 Å². The van der Waals surface area contributed by atoms with Gasteiger partial charge in [0, 0.05) is 74.0 Å². The highest BCUT2D eigenvalue weighted by atomic mass is 30.3. The Morgan fingerprint density at radius 3 is 0.788 bits per heavy atom. The van der Waals surface area contributed by atoms with Crippen molar-refractivity contribution >= 4 is 74.0 Å². The van der Waals surface area contributed by atoms with Crippen LogP contribution in [-0.2, 0) is 0 Å². The van der Waals surface area contributed by atoms with Gasteiger partial charge in [0.05, 0.1) is 0 Å². The van der Waals surface area contributed by atoms with Crippen LogP contribution in [0, 0.1) is 0 Å². The van der Waals surface area contributed by atoms with Gasteiger partial charge in [-0.05, 0) is 0 Å². The summed E-state index contributed by atoms with van der Waals surface area (Å²) < 4.78 is 0. The first kappa shape index (κ1) is 33.2. The molecule has 1 aliphatic rings. The topological polar surface area (TPSA) is 0 Å². The van der Waals surface area contributed by atoms with Gasteiger partial charge in [0.1, 0.15) is 0 Å². The maximum atomic E-state index is 3.11. The molecule has 0 radical (unpaired) electrons. The molecule has 1 heterocycles. The van der Waals surface area contributed by atoms with Crippen LogP contribution in [-0.4, -0.2) is 74.0 Å². The molecule has 10 heteroatoms. The molecule has 0 atom stereocenters. The number of hydrogen-bond acceptors (Lipinski definition) is 0. The van der Waals surface area contributed by atoms with Gasteiger partial charge in [-0.1, -0.05) is 148 Å². The van der Waals surface area contributed by atoms with Crippen molar-refractivity contribution in [1.82, 2.24) is 0 Å². The summed E-state index contributed by atoms with van der Waals surface area (Å²) in [5, 5.41) is 0. The van der Waals surface area contributed by atoms with Crippen molar-refractivity contribution in [1.29, 1.82) is 0 Å². The molecule has 0 spiro atoms. The van der Waals surface area contributed by atoms with Gasteiger partial charge in [0.2, 0.25) is 0 Å². The lowest BCUT2D eigenvalue weighted by atomic mass is 11.7. The van der Waals surface area contributed by atoms with E-state index in [1.54, 1.807) is 0 Å². The molecule has 33 heavy (non-hydrogen) atoms. The second kappa shape index (κ2) is 8.85. The number of hydrogen-bond donors (Lipinski definition) is 0. The summed E-state index contributed by atoms with van der Waals surface area (Å²) in [4.78, 5) is 0. The molecule has 1 fully saturated rings. The van der Waals surface area contributed by atoms with Gasteiger partial charge in [-0.2, -0.15) is 0 Å². The zero-order valence-corrected chi connectivity index (χ0v) is 37.1. The van der Waals surface area contributed by atoms with Gasteiger partial charge < -0.3 is 0 Å². The zero-order chi connectivity index (χ0) is 27.1. The first-order valence-corrected chi connectivity index (χ1v) is 52.1. The minimum Gasteiger partial charge on any atom is -0.0737 e. The molecule has 0 aliphatic carbocycles. The Kier molecular flexibility index (Phi) is 8.90. The third kappa shape index (κ3) is 5.11. The lowest BCUT2D eigenvalue weighted by Crippen LogP contribution is -3.07. The molecule has 1 rings (SSSR count). The van der Waals surface area contributed by atoms with Crippen LogP contribution < -0.4 is 0 Å². The van der Waals surface area contributed by atoms with E-state index in [1.807, 2.05) is 17.0 Å². The summed E-state index contributed by atoms with van der Waals surface area (Å²) in [6.45, 7) is 57.2. The van der Waals surface area contributed by atoms with Crippen LogP contribution in [0.1, 0.15) is 0 Å². The van der Waals surface area contributed by atoms with E-state index < -0.39 is 74.0 Å². The average Bonchev–Trinajstić information content (AvgIpc) is 2.44. The maximum Gasteiger partial charge on any atom is 0.0412 e. The van der Waals surface area contributed by atoms with Gasteiger partial charge >= 0.3 is 0 Å². The highest BCUT2D eigenvalue weighted by Gasteiger charge is 2.83. The second-order valence-corrected chi connectivity index (χ2v) is 120. The molecule has 0 bridgehead atoms. The van der Waals surface area contributed by atoms with Crippen molar-refractivity contribution in [2.45, 2.75) is 148 Å². The van der Waals surface area contributed by atoms with Crippen LogP contribution in [0.2, 0.25) is 148 Å². The Bertz CT molecular complexity index is 678. The maximum absolute atomic E-state index is 3.11. The molecule has 0 nitrogen and oxygen atoms in total. The third-order valence-electron chi connectivity index (χ3n) is 11.4. The third-order valence-corrected chi connectivity index (χ3v) is 218. The SMILES string of the molecule is C[Si](C)(C)C[Si]1(C[Si](C)(C)C)[Si](C)(C)[Si](C)(C)[Si](C[Si](C)(C)C)([Si](C)(C)C)[Si](C)(C)[Si]1(C)C. The molecule has 1 saturated heterocycles. The van der Waals surface area contributed by atoms with Gasteiger partial charge in [-0.3, -0.25) is 0 Å². The monoisotopic (exact) mass is 622 g/mol. The van der Waals surface area contributed by atoms with Crippen LogP contribution >= 0.6 is 0 Å². The molecule has 198 valence electrons. The molecule has 0 saturated carbocycles. The van der Waals surface area contributed by atoms with Crippen molar-refractivity contribution in [3.8, 4) is 0 Å². The van der Waals surface area contributed by atoms with Crippen LogP contribution in [0.15, 0.2) is 0 Å². The standard InChI is InChI=1S/C23H66Si10/c1-24(2,3)21-32(22-25(4,5)6)28(13,14)30(17,18)33(27(10,11)12,23-26(7,8)9)31(19,20)29(32,15)16/h21-23H2,1-20H3. The van der Waals surface area contributed by atoms with Crippen LogP contribution in [0.4, 0.5) is 0 Å². The van der Waals surface area contributed by atoms with E-state index in [0.717, 1.165) is 0 Å². The zero-order valence-electron chi connectivity index (χ0n) is 27.1. The number of rotatable bonds is 7. The quantitative estimate of drug-likeness (QED) is 0.248. The van der Waals surface area contributed by atoms with Gasteiger partial charge in [0.15, 0.2) is 0 Å². The minimum absolute atomic E-state index is 1.13. The fourth-order valence-corrected chi connectivity index (χ4v) is 426. The molecule has 0 aromatic heterocycles. The predicted molar refractivity (Wildman–Crippen MR) is 189 cm³/mol. The summed E-state index contributed by atoms with van der Waals surface area (Å²) >= 11 is 0. The van der Waals surface area contributed by atoms with Gasteiger partial charge in [0.25, 0.3) is 0 Å². The van der Waals surface area contributed by atoms with Crippen LogP contribution in [0.25, 0.3) is 0 Å². The lowest BCUT2D eigenvalue weighted by Gasteiger charge is -2.79. The summed E-state index contributed by atoms with van der Waals surface area (Å²) in [5.74, 6) is 0. The Morgan fingerprint density at radius 2 is 0.606 bits per heavy atom. The molecule has 0 aromatic rings. The highest BCUT2D eigenvalue weighted by Crippen LogP contribution is 2.59. The average molecular weight is 624 g/mol. The van der Waals surface area contributed by atoms with E-state index in [4.69, 9.17) is 0 Å². The first-order chi connectivity index (χ1) is 13.9. The molecule has 0 N–H and O–H groups in total. The van der Waals surface area contributed by atoms with Crippen molar-refractivity contribution in [3.63, 3.8) is 0 Å². The molecular formula is C23H66Si10. The molecule has 1 aliphatic heterocycles. The Morgan fingerprint density at radius 1 is 0.364 bits per heavy atom. The highest BCUT2D eigenvalue weighted by molar-refractivity contribution is 8.21. The van der Waals surface area contributed by atoms with Crippen LogP contribution in [0.3, 0.4) is 0 Å². The van der Waals surface area contributed by atoms with E-state index in [1.165, 1.54) is 0 Å². The Labute approximate surface area is 220 Å². The fourth-order valence-electron chi connectivity index (χ4n) is 9.96. The molecule has 0 unspecified atom stereocenters. The first-order valence-electron chi connectivity index (χ1n) is 13.9. The largest absolute Gasteiger partial charge is 0.0737 e. The minimum atomic E-state index is -1.33. The molecule has 0 amide bonds. The lowest BCUT2D eigenvalue weighted by molar-refractivity contribution is 1.50.